The van der Waals surface area contributed by atoms with Crippen molar-refractivity contribution in [2.24, 2.45) is 0 Å². The lowest BCUT2D eigenvalue weighted by atomic mass is 9.99. The van der Waals surface area contributed by atoms with Crippen molar-refractivity contribution in [3.8, 4) is 0 Å². The van der Waals surface area contributed by atoms with Crippen LogP contribution in [0.25, 0.3) is 0 Å². The third-order valence-corrected chi connectivity index (χ3v) is 19.4. The van der Waals surface area contributed by atoms with E-state index in [9.17, 15) is 35.1 Å². The topological polar surface area (TPSA) is 175 Å². The Morgan fingerprint density at radius 2 is 0.691 bits per heavy atom. The summed E-state index contributed by atoms with van der Waals surface area (Å²) in [5.41, 5.74) is 0. The first-order valence-corrected chi connectivity index (χ1v) is 40.9. The highest BCUT2D eigenvalue weighted by molar-refractivity contribution is 5.76. The van der Waals surface area contributed by atoms with E-state index >= 15 is 0 Å². The average Bonchev–Trinajstić information content (AvgIpc) is 0.844. The molecule has 1 amide bonds. The van der Waals surface area contributed by atoms with E-state index in [1.807, 2.05) is 6.08 Å². The van der Waals surface area contributed by atoms with Gasteiger partial charge < -0.3 is 45.1 Å². The number of amides is 1. The van der Waals surface area contributed by atoms with Crippen LogP contribution in [0, 0.1) is 0 Å². The van der Waals surface area contributed by atoms with Crippen molar-refractivity contribution in [3.63, 3.8) is 0 Å². The summed E-state index contributed by atoms with van der Waals surface area (Å²) >= 11 is 0. The zero-order chi connectivity index (χ0) is 67.9. The molecule has 552 valence electrons. The number of aliphatic hydroxyl groups is 5. The molecule has 1 heterocycles. The van der Waals surface area contributed by atoms with E-state index in [0.29, 0.717) is 19.4 Å². The molecule has 0 radical (unpaired) electrons. The summed E-state index contributed by atoms with van der Waals surface area (Å²) in [4.78, 5) is 25.2. The van der Waals surface area contributed by atoms with Crippen LogP contribution in [0.5, 0.6) is 0 Å². The van der Waals surface area contributed by atoms with Gasteiger partial charge in [-0.1, -0.05) is 358 Å². The second-order valence-electron chi connectivity index (χ2n) is 28.5. The summed E-state index contributed by atoms with van der Waals surface area (Å²) in [5.74, 6) is -0.172. The first-order valence-electron chi connectivity index (χ1n) is 40.9. The van der Waals surface area contributed by atoms with Gasteiger partial charge in [0.25, 0.3) is 0 Å². The summed E-state index contributed by atoms with van der Waals surface area (Å²) in [6.45, 7) is 4.34. The smallest absolute Gasteiger partial charge is 0.305 e. The average molecular weight is 1330 g/mol. The molecule has 0 spiro atoms. The van der Waals surface area contributed by atoms with E-state index in [1.165, 1.54) is 315 Å². The lowest BCUT2D eigenvalue weighted by molar-refractivity contribution is -0.302. The molecule has 0 aliphatic carbocycles. The number of hydrogen-bond acceptors (Lipinski definition) is 10. The highest BCUT2D eigenvalue weighted by Gasteiger charge is 2.44. The van der Waals surface area contributed by atoms with E-state index < -0.39 is 49.5 Å². The molecule has 94 heavy (non-hydrogen) atoms. The number of ether oxygens (including phenoxy) is 3. The highest BCUT2D eigenvalue weighted by Crippen LogP contribution is 2.24. The van der Waals surface area contributed by atoms with Gasteiger partial charge in [0.15, 0.2) is 6.29 Å². The van der Waals surface area contributed by atoms with Crippen LogP contribution in [-0.2, 0) is 23.8 Å². The van der Waals surface area contributed by atoms with Crippen molar-refractivity contribution in [2.45, 2.75) is 448 Å². The van der Waals surface area contributed by atoms with Gasteiger partial charge in [0.2, 0.25) is 5.91 Å². The highest BCUT2D eigenvalue weighted by atomic mass is 16.7. The van der Waals surface area contributed by atoms with E-state index in [2.05, 4.69) is 55.6 Å². The number of nitrogens with one attached hydrogen (secondary N) is 1. The van der Waals surface area contributed by atoms with Gasteiger partial charge >= 0.3 is 5.97 Å². The number of hydrogen-bond donors (Lipinski definition) is 6. The third-order valence-electron chi connectivity index (χ3n) is 19.4. The summed E-state index contributed by atoms with van der Waals surface area (Å²) in [6, 6.07) is -0.832. The first kappa shape index (κ1) is 89.6. The molecule has 6 N–H and O–H groups in total. The number of esters is 1. The van der Waals surface area contributed by atoms with Crippen molar-refractivity contribution in [2.75, 3.05) is 19.8 Å². The number of rotatable bonds is 73. The van der Waals surface area contributed by atoms with Gasteiger partial charge in [-0.3, -0.25) is 9.59 Å². The Morgan fingerprint density at radius 1 is 0.383 bits per heavy atom. The summed E-state index contributed by atoms with van der Waals surface area (Å²) < 4.78 is 16.8. The molecule has 0 aromatic carbocycles. The van der Waals surface area contributed by atoms with Crippen LogP contribution in [-0.4, -0.2) is 100 Å². The van der Waals surface area contributed by atoms with Gasteiger partial charge in [0.1, 0.15) is 24.4 Å². The van der Waals surface area contributed by atoms with Crippen LogP contribution < -0.4 is 5.32 Å². The largest absolute Gasteiger partial charge is 0.466 e. The molecule has 11 heteroatoms. The second kappa shape index (κ2) is 71.9. The van der Waals surface area contributed by atoms with E-state index in [0.717, 1.165) is 64.2 Å². The van der Waals surface area contributed by atoms with Crippen molar-refractivity contribution in [3.05, 3.63) is 48.6 Å². The summed E-state index contributed by atoms with van der Waals surface area (Å²) in [5, 5.41) is 54.5. The SMILES string of the molecule is CCCCC/C=C/CC/C=C/CC/C=C/C(O)C(COC1OC(CO)C(O)C(O)C1O)NC(=O)CCCCCCCCCCCCCCCCCCC/C=C\CCCCCCCCCCCCCCCCCCCCOC(=O)CCCCCCCCCCCCCCCC. The number of carbonyl (C=O) groups is 2. The van der Waals surface area contributed by atoms with Gasteiger partial charge in [0.05, 0.1) is 32.0 Å². The van der Waals surface area contributed by atoms with Crippen LogP contribution >= 0.6 is 0 Å². The van der Waals surface area contributed by atoms with E-state index in [-0.39, 0.29) is 18.5 Å². The Balaban J connectivity index is 1.89. The lowest BCUT2D eigenvalue weighted by Gasteiger charge is -2.40. The Labute approximate surface area is 580 Å². The molecular formula is C83H155NO10. The minimum absolute atomic E-state index is 0.0193. The maximum Gasteiger partial charge on any atom is 0.305 e. The summed E-state index contributed by atoms with van der Waals surface area (Å²) in [7, 11) is 0. The maximum absolute atomic E-state index is 13.1. The molecule has 0 bridgehead atoms. The molecule has 0 saturated carbocycles. The van der Waals surface area contributed by atoms with E-state index in [1.54, 1.807) is 6.08 Å². The number of carbonyl (C=O) groups excluding carboxylic acids is 2. The molecule has 0 aromatic heterocycles. The van der Waals surface area contributed by atoms with Crippen LogP contribution in [0.2, 0.25) is 0 Å². The molecule has 1 rings (SSSR count). The fourth-order valence-corrected chi connectivity index (χ4v) is 13.0. The van der Waals surface area contributed by atoms with Gasteiger partial charge in [-0.15, -0.1) is 0 Å². The Morgan fingerprint density at radius 3 is 1.07 bits per heavy atom. The minimum atomic E-state index is -1.58. The third kappa shape index (κ3) is 59.7. The van der Waals surface area contributed by atoms with Crippen molar-refractivity contribution in [1.82, 2.24) is 5.32 Å². The van der Waals surface area contributed by atoms with Crippen LogP contribution in [0.4, 0.5) is 0 Å². The van der Waals surface area contributed by atoms with Gasteiger partial charge in [0, 0.05) is 12.8 Å². The molecule has 1 aliphatic rings. The zero-order valence-corrected chi connectivity index (χ0v) is 61.7. The van der Waals surface area contributed by atoms with E-state index in [4.69, 9.17) is 14.2 Å². The predicted octanol–water partition coefficient (Wildman–Crippen LogP) is 22.3. The normalized spacial score (nSPS) is 17.6. The maximum atomic E-state index is 13.1. The first-order chi connectivity index (χ1) is 46.2. The molecule has 7 unspecified atom stereocenters. The monoisotopic (exact) mass is 1330 g/mol. The van der Waals surface area contributed by atoms with Crippen LogP contribution in [0.3, 0.4) is 0 Å². The number of unbranched alkanes of at least 4 members (excludes halogenated alkanes) is 53. The van der Waals surface area contributed by atoms with Crippen molar-refractivity contribution < 1.29 is 49.3 Å². The summed E-state index contributed by atoms with van der Waals surface area (Å²) in [6.07, 6.45) is 85.9. The Kier molecular flexibility index (Phi) is 68.5. The molecule has 11 nitrogen and oxygen atoms in total. The fourth-order valence-electron chi connectivity index (χ4n) is 13.0. The molecule has 0 aromatic rings. The molecule has 7 atom stereocenters. The molecule has 1 fully saturated rings. The quantitative estimate of drug-likeness (QED) is 0.0195. The second-order valence-corrected chi connectivity index (χ2v) is 28.5. The van der Waals surface area contributed by atoms with Gasteiger partial charge in [-0.2, -0.15) is 0 Å². The zero-order valence-electron chi connectivity index (χ0n) is 61.7. The van der Waals surface area contributed by atoms with Crippen molar-refractivity contribution in [1.29, 1.82) is 0 Å². The Hall–Kier alpha value is -2.38. The number of allylic oxidation sites excluding steroid dienone is 7. The molecule has 1 aliphatic heterocycles. The van der Waals surface area contributed by atoms with Crippen LogP contribution in [0.15, 0.2) is 48.6 Å². The van der Waals surface area contributed by atoms with Crippen molar-refractivity contribution >= 4 is 11.9 Å². The Bertz CT molecular complexity index is 1700. The van der Waals surface area contributed by atoms with Crippen LogP contribution in [0.1, 0.15) is 406 Å². The molecule has 1 saturated heterocycles. The van der Waals surface area contributed by atoms with Gasteiger partial charge in [-0.05, 0) is 83.5 Å². The lowest BCUT2D eigenvalue weighted by Crippen LogP contribution is -2.60. The minimum Gasteiger partial charge on any atom is -0.466 e. The van der Waals surface area contributed by atoms with Gasteiger partial charge in [-0.25, -0.2) is 0 Å². The fraction of sp³-hybridized carbons (Fsp3) is 0.880. The number of aliphatic hydroxyl groups excluding tert-OH is 5. The predicted molar refractivity (Wildman–Crippen MR) is 398 cm³/mol. The molecular weight excluding hydrogens is 1170 g/mol. The standard InChI is InChI=1S/C83H155NO10/c1-3-5-7-9-11-13-15-17-47-51-55-59-63-67-71-79(88)92-72-68-64-60-56-52-48-44-42-40-38-36-34-32-30-28-26-24-22-20-18-19-21-23-25-27-29-31-33-35-37-39-41-43-46-50-54-58-62-66-70-78(87)84-75(74-93-83-82(91)81(90)80(89)77(73-85)94-83)76(86)69-65-61-57-53-49-45-16-14-12-10-8-6-4-2/h12,14,18-19,49,53,65,69,75-77,80-83,85-86,89-91H,3-11,13,15-17,20-48,50-52,54-64,66-68,70-74H2,1-2H3,(H,84,87)/b14-12+,19-18-,53-49+,69-65+.